The number of amides is 1. The van der Waals surface area contributed by atoms with E-state index in [1.807, 2.05) is 0 Å². The number of hydrogen-bond donors (Lipinski definition) is 2. The summed E-state index contributed by atoms with van der Waals surface area (Å²) in [6, 6.07) is 8.02. The maximum atomic E-state index is 12.9. The largest absolute Gasteiger partial charge is 0.416 e. The first-order valence-electron chi connectivity index (χ1n) is 9.91. The van der Waals surface area contributed by atoms with Crippen molar-refractivity contribution in [3.05, 3.63) is 53.7 Å². The number of anilines is 2. The van der Waals surface area contributed by atoms with Crippen LogP contribution in [0.5, 0.6) is 0 Å². The van der Waals surface area contributed by atoms with Crippen LogP contribution >= 0.6 is 0 Å². The molecule has 1 saturated heterocycles. The highest BCUT2D eigenvalue weighted by Gasteiger charge is 2.30. The zero-order chi connectivity index (χ0) is 21.6. The lowest BCUT2D eigenvalue weighted by Gasteiger charge is -2.32. The molecule has 0 bridgehead atoms. The van der Waals surface area contributed by atoms with E-state index >= 15 is 0 Å². The zero-order valence-electron chi connectivity index (χ0n) is 16.9. The summed E-state index contributed by atoms with van der Waals surface area (Å²) in [6.07, 6.45) is -2.13. The third kappa shape index (κ3) is 6.17. The quantitative estimate of drug-likeness (QED) is 0.673. The minimum absolute atomic E-state index is 0.215. The Hall–Kier alpha value is -2.65. The van der Waals surface area contributed by atoms with Crippen LogP contribution < -0.4 is 10.6 Å². The number of hydrogen-bond acceptors (Lipinski definition) is 5. The lowest BCUT2D eigenvalue weighted by Crippen LogP contribution is -2.45. The Morgan fingerprint density at radius 3 is 2.63 bits per heavy atom. The van der Waals surface area contributed by atoms with Gasteiger partial charge in [0.1, 0.15) is 5.82 Å². The Labute approximate surface area is 174 Å². The third-order valence-corrected chi connectivity index (χ3v) is 5.04. The van der Waals surface area contributed by atoms with Crippen LogP contribution in [0.25, 0.3) is 0 Å². The molecule has 1 aromatic heterocycles. The Kier molecular flexibility index (Phi) is 7.28. The first-order valence-corrected chi connectivity index (χ1v) is 9.91. The number of carbonyl (C=O) groups is 1. The molecule has 3 rings (SSSR count). The second-order valence-electron chi connectivity index (χ2n) is 7.36. The number of alkyl halides is 3. The van der Waals surface area contributed by atoms with E-state index in [9.17, 15) is 18.0 Å². The van der Waals surface area contributed by atoms with Gasteiger partial charge in [-0.05, 0) is 50.3 Å². The van der Waals surface area contributed by atoms with E-state index in [1.54, 1.807) is 12.1 Å². The molecule has 2 N–H and O–H groups in total. The fraction of sp³-hybridized carbons (Fsp3) is 0.429. The molecule has 0 aliphatic carbocycles. The Balaban J connectivity index is 1.56. The first-order chi connectivity index (χ1) is 14.3. The summed E-state index contributed by atoms with van der Waals surface area (Å²) in [6.45, 7) is 5.58. The SMILES string of the molecule is CN1CCN(CCCNC(=O)c2cccnc2Nc2cccc(C(F)(F)F)c2)CC1. The van der Waals surface area contributed by atoms with Crippen molar-refractivity contribution in [2.24, 2.45) is 0 Å². The second-order valence-corrected chi connectivity index (χ2v) is 7.36. The van der Waals surface area contributed by atoms with Gasteiger partial charge in [-0.25, -0.2) is 4.98 Å². The minimum atomic E-state index is -4.44. The summed E-state index contributed by atoms with van der Waals surface area (Å²) >= 11 is 0. The lowest BCUT2D eigenvalue weighted by molar-refractivity contribution is -0.137. The highest BCUT2D eigenvalue weighted by atomic mass is 19.4. The minimum Gasteiger partial charge on any atom is -0.352 e. The second kappa shape index (κ2) is 9.90. The van der Waals surface area contributed by atoms with Crippen LogP contribution in [0.1, 0.15) is 22.3 Å². The maximum absolute atomic E-state index is 12.9. The van der Waals surface area contributed by atoms with Gasteiger partial charge in [0, 0.05) is 44.6 Å². The molecule has 6 nitrogen and oxygen atoms in total. The standard InChI is InChI=1S/C21H26F3N5O/c1-28-11-13-29(14-12-28)10-4-9-26-20(30)18-7-3-8-25-19(18)27-17-6-2-5-16(15-17)21(22,23)24/h2-3,5-8,15H,4,9-14H2,1H3,(H,25,27)(H,26,30). The summed E-state index contributed by atoms with van der Waals surface area (Å²) in [5, 5.41) is 5.70. The van der Waals surface area contributed by atoms with Gasteiger partial charge in [0.15, 0.2) is 0 Å². The molecule has 0 unspecified atom stereocenters. The molecule has 0 radical (unpaired) electrons. The molecular formula is C21H26F3N5O. The van der Waals surface area contributed by atoms with Crippen LogP contribution in [0.2, 0.25) is 0 Å². The molecule has 30 heavy (non-hydrogen) atoms. The number of nitrogens with one attached hydrogen (secondary N) is 2. The monoisotopic (exact) mass is 421 g/mol. The molecular weight excluding hydrogens is 395 g/mol. The molecule has 9 heteroatoms. The number of pyridine rings is 1. The average Bonchev–Trinajstić information content (AvgIpc) is 2.72. The topological polar surface area (TPSA) is 60.5 Å². The summed E-state index contributed by atoms with van der Waals surface area (Å²) in [7, 11) is 2.11. The lowest BCUT2D eigenvalue weighted by atomic mass is 10.2. The number of carbonyl (C=O) groups excluding carboxylic acids is 1. The summed E-state index contributed by atoms with van der Waals surface area (Å²) in [5.41, 5.74) is -0.263. The van der Waals surface area contributed by atoms with Gasteiger partial charge in [0.25, 0.3) is 5.91 Å². The van der Waals surface area contributed by atoms with Crippen LogP contribution in [0.3, 0.4) is 0 Å². The summed E-state index contributed by atoms with van der Waals surface area (Å²) < 4.78 is 38.8. The van der Waals surface area contributed by atoms with Crippen molar-refractivity contribution in [1.82, 2.24) is 20.1 Å². The van der Waals surface area contributed by atoms with E-state index in [-0.39, 0.29) is 23.0 Å². The average molecular weight is 421 g/mol. The van der Waals surface area contributed by atoms with E-state index in [2.05, 4.69) is 32.5 Å². The molecule has 1 aromatic carbocycles. The number of halogens is 3. The predicted octanol–water partition coefficient (Wildman–Crippen LogP) is 3.21. The van der Waals surface area contributed by atoms with Crippen molar-refractivity contribution < 1.29 is 18.0 Å². The van der Waals surface area contributed by atoms with Crippen LogP contribution in [0.4, 0.5) is 24.7 Å². The molecule has 0 spiro atoms. The number of rotatable bonds is 7. The Bertz CT molecular complexity index is 851. The fourth-order valence-electron chi connectivity index (χ4n) is 3.27. The van der Waals surface area contributed by atoms with Crippen LogP contribution in [-0.2, 0) is 6.18 Å². The number of aromatic nitrogens is 1. The van der Waals surface area contributed by atoms with Crippen molar-refractivity contribution in [2.45, 2.75) is 12.6 Å². The van der Waals surface area contributed by atoms with Gasteiger partial charge in [0.05, 0.1) is 11.1 Å². The summed E-state index contributed by atoms with van der Waals surface area (Å²) in [5.74, 6) is -0.0932. The number of likely N-dealkylation sites (N-methyl/N-ethyl adjacent to an activating group) is 1. The van der Waals surface area contributed by atoms with Crippen molar-refractivity contribution in [2.75, 3.05) is 51.6 Å². The van der Waals surface area contributed by atoms with Gasteiger partial charge < -0.3 is 20.4 Å². The van der Waals surface area contributed by atoms with Crippen molar-refractivity contribution in [3.63, 3.8) is 0 Å². The van der Waals surface area contributed by atoms with Gasteiger partial charge in [0.2, 0.25) is 0 Å². The normalized spacial score (nSPS) is 15.7. The molecule has 2 aromatic rings. The number of piperazine rings is 1. The van der Waals surface area contributed by atoms with Gasteiger partial charge in [-0.1, -0.05) is 6.07 Å². The van der Waals surface area contributed by atoms with E-state index in [0.717, 1.165) is 51.3 Å². The first kappa shape index (κ1) is 22.0. The third-order valence-electron chi connectivity index (χ3n) is 5.04. The van der Waals surface area contributed by atoms with Crippen LogP contribution in [-0.4, -0.2) is 67.0 Å². The van der Waals surface area contributed by atoms with Crippen LogP contribution in [0.15, 0.2) is 42.6 Å². The number of benzene rings is 1. The van der Waals surface area contributed by atoms with Gasteiger partial charge in [-0.2, -0.15) is 13.2 Å². The Morgan fingerprint density at radius 1 is 1.13 bits per heavy atom. The van der Waals surface area contributed by atoms with Crippen molar-refractivity contribution >= 4 is 17.4 Å². The smallest absolute Gasteiger partial charge is 0.352 e. The van der Waals surface area contributed by atoms with Gasteiger partial charge in [-0.15, -0.1) is 0 Å². The zero-order valence-corrected chi connectivity index (χ0v) is 16.9. The molecule has 162 valence electrons. The van der Waals surface area contributed by atoms with Gasteiger partial charge in [-0.3, -0.25) is 4.79 Å². The molecule has 2 heterocycles. The van der Waals surface area contributed by atoms with Crippen molar-refractivity contribution in [3.8, 4) is 0 Å². The molecule has 1 aliphatic rings. The van der Waals surface area contributed by atoms with Crippen molar-refractivity contribution in [1.29, 1.82) is 0 Å². The van der Waals surface area contributed by atoms with Crippen LogP contribution in [0, 0.1) is 0 Å². The molecule has 0 atom stereocenters. The molecule has 1 fully saturated rings. The maximum Gasteiger partial charge on any atom is 0.416 e. The highest BCUT2D eigenvalue weighted by Crippen LogP contribution is 2.31. The Morgan fingerprint density at radius 2 is 1.90 bits per heavy atom. The molecule has 1 aliphatic heterocycles. The highest BCUT2D eigenvalue weighted by molar-refractivity contribution is 5.99. The molecule has 1 amide bonds. The van der Waals surface area contributed by atoms with E-state index in [1.165, 1.54) is 18.3 Å². The number of nitrogens with zero attached hydrogens (tertiary/aromatic N) is 3. The summed E-state index contributed by atoms with van der Waals surface area (Å²) in [4.78, 5) is 21.4. The van der Waals surface area contributed by atoms with E-state index in [4.69, 9.17) is 0 Å². The van der Waals surface area contributed by atoms with Gasteiger partial charge >= 0.3 is 6.18 Å². The predicted molar refractivity (Wildman–Crippen MR) is 110 cm³/mol. The van der Waals surface area contributed by atoms with E-state index in [0.29, 0.717) is 6.54 Å². The fourth-order valence-corrected chi connectivity index (χ4v) is 3.27. The van der Waals surface area contributed by atoms with E-state index < -0.39 is 11.7 Å². The molecule has 0 saturated carbocycles.